The van der Waals surface area contributed by atoms with Crippen molar-refractivity contribution in [2.24, 2.45) is 0 Å². The van der Waals surface area contributed by atoms with Crippen molar-refractivity contribution in [1.29, 1.82) is 0 Å². The topological polar surface area (TPSA) is 51.0 Å². The van der Waals surface area contributed by atoms with E-state index in [1.165, 1.54) is 0 Å². The van der Waals surface area contributed by atoms with Crippen LogP contribution in [0.25, 0.3) is 0 Å². The predicted octanol–water partition coefficient (Wildman–Crippen LogP) is 1.75. The summed E-state index contributed by atoms with van der Waals surface area (Å²) in [5.74, 6) is 1.56. The second-order valence-corrected chi connectivity index (χ2v) is 4.19. The van der Waals surface area contributed by atoms with Gasteiger partial charge in [0.1, 0.15) is 0 Å². The van der Waals surface area contributed by atoms with Crippen molar-refractivity contribution in [2.75, 3.05) is 12.4 Å². The summed E-state index contributed by atoms with van der Waals surface area (Å²) in [6, 6.07) is 0.481. The molecule has 0 aromatic carbocycles. The number of thioether (sulfide) groups is 1. The average Bonchev–Trinajstić information content (AvgIpc) is 2.48. The zero-order valence-electron chi connectivity index (χ0n) is 7.50. The summed E-state index contributed by atoms with van der Waals surface area (Å²) in [4.78, 5) is 4.09. The van der Waals surface area contributed by atoms with Gasteiger partial charge in [-0.1, -0.05) is 19.0 Å². The second kappa shape index (κ2) is 4.35. The van der Waals surface area contributed by atoms with E-state index in [0.29, 0.717) is 11.3 Å². The number of aromatic nitrogens is 2. The highest BCUT2D eigenvalue weighted by Crippen LogP contribution is 2.15. The summed E-state index contributed by atoms with van der Waals surface area (Å²) in [6.45, 7) is 4.29. The zero-order valence-corrected chi connectivity index (χ0v) is 8.31. The van der Waals surface area contributed by atoms with Crippen LogP contribution in [0.4, 0.5) is 6.01 Å². The Kier molecular flexibility index (Phi) is 3.40. The number of hydrogen-bond acceptors (Lipinski definition) is 5. The standard InChI is InChI=1S/C7H13N3OS/c1-5(2)12-4-6-9-7(8-3)11-10-6/h5H,4H2,1-3H3,(H,8,9,10). The van der Waals surface area contributed by atoms with E-state index in [4.69, 9.17) is 4.52 Å². The predicted molar refractivity (Wildman–Crippen MR) is 50.3 cm³/mol. The van der Waals surface area contributed by atoms with Gasteiger partial charge < -0.3 is 9.84 Å². The van der Waals surface area contributed by atoms with Crippen LogP contribution in [-0.2, 0) is 5.75 Å². The summed E-state index contributed by atoms with van der Waals surface area (Å²) in [5.41, 5.74) is 0. The highest BCUT2D eigenvalue weighted by molar-refractivity contribution is 7.99. The molecule has 5 heteroatoms. The smallest absolute Gasteiger partial charge is 0.321 e. The third-order valence-corrected chi connectivity index (χ3v) is 2.32. The summed E-state index contributed by atoms with van der Waals surface area (Å²) in [5, 5.41) is 7.17. The molecule has 0 unspecified atom stereocenters. The molecule has 0 aliphatic rings. The van der Waals surface area contributed by atoms with Crippen LogP contribution in [-0.4, -0.2) is 22.4 Å². The van der Waals surface area contributed by atoms with Gasteiger partial charge in [-0.2, -0.15) is 16.7 Å². The van der Waals surface area contributed by atoms with Crippen LogP contribution in [0.15, 0.2) is 4.52 Å². The molecule has 0 saturated carbocycles. The van der Waals surface area contributed by atoms with Crippen LogP contribution in [0, 0.1) is 0 Å². The molecule has 12 heavy (non-hydrogen) atoms. The van der Waals surface area contributed by atoms with E-state index < -0.39 is 0 Å². The molecule has 0 saturated heterocycles. The SMILES string of the molecule is CNc1nc(CSC(C)C)no1. The van der Waals surface area contributed by atoms with Crippen molar-refractivity contribution in [3.63, 3.8) is 0 Å². The highest BCUT2D eigenvalue weighted by atomic mass is 32.2. The molecule has 0 aliphatic carbocycles. The molecule has 0 spiro atoms. The van der Waals surface area contributed by atoms with Crippen molar-refractivity contribution in [1.82, 2.24) is 10.1 Å². The van der Waals surface area contributed by atoms with Gasteiger partial charge in [0.2, 0.25) is 0 Å². The molecule has 1 aromatic heterocycles. The van der Waals surface area contributed by atoms with Crippen LogP contribution in [0.5, 0.6) is 0 Å². The molecule has 0 fully saturated rings. The van der Waals surface area contributed by atoms with Crippen LogP contribution in [0.3, 0.4) is 0 Å². The van der Waals surface area contributed by atoms with Crippen molar-refractivity contribution in [2.45, 2.75) is 24.9 Å². The Balaban J connectivity index is 2.41. The Labute approximate surface area is 76.1 Å². The molecule has 1 aromatic rings. The van der Waals surface area contributed by atoms with Crippen molar-refractivity contribution >= 4 is 17.8 Å². The van der Waals surface area contributed by atoms with Gasteiger partial charge in [0.15, 0.2) is 5.82 Å². The fourth-order valence-corrected chi connectivity index (χ4v) is 1.25. The monoisotopic (exact) mass is 187 g/mol. The third-order valence-electron chi connectivity index (χ3n) is 1.23. The molecule has 1 rings (SSSR count). The molecule has 0 bridgehead atoms. The molecule has 1 heterocycles. The minimum Gasteiger partial charge on any atom is -0.341 e. The van der Waals surface area contributed by atoms with Gasteiger partial charge in [-0.25, -0.2) is 0 Å². The summed E-state index contributed by atoms with van der Waals surface area (Å²) >= 11 is 1.80. The maximum Gasteiger partial charge on any atom is 0.321 e. The largest absolute Gasteiger partial charge is 0.341 e. The van der Waals surface area contributed by atoms with Gasteiger partial charge in [-0.15, -0.1) is 0 Å². The van der Waals surface area contributed by atoms with E-state index in [2.05, 4.69) is 29.3 Å². The van der Waals surface area contributed by atoms with Gasteiger partial charge in [0.05, 0.1) is 5.75 Å². The Morgan fingerprint density at radius 1 is 1.58 bits per heavy atom. The van der Waals surface area contributed by atoms with E-state index in [9.17, 15) is 0 Å². The second-order valence-electron chi connectivity index (χ2n) is 2.63. The molecule has 0 aliphatic heterocycles. The van der Waals surface area contributed by atoms with E-state index in [-0.39, 0.29) is 0 Å². The van der Waals surface area contributed by atoms with Crippen molar-refractivity contribution in [3.8, 4) is 0 Å². The van der Waals surface area contributed by atoms with E-state index in [1.54, 1.807) is 18.8 Å². The van der Waals surface area contributed by atoms with Gasteiger partial charge >= 0.3 is 6.01 Å². The van der Waals surface area contributed by atoms with Crippen LogP contribution < -0.4 is 5.32 Å². The number of rotatable bonds is 4. The number of nitrogens with zero attached hydrogens (tertiary/aromatic N) is 2. The number of nitrogens with one attached hydrogen (secondary N) is 1. The lowest BCUT2D eigenvalue weighted by atomic mass is 10.6. The van der Waals surface area contributed by atoms with Crippen LogP contribution in [0.1, 0.15) is 19.7 Å². The molecular formula is C7H13N3OS. The summed E-state index contributed by atoms with van der Waals surface area (Å²) in [7, 11) is 1.76. The first kappa shape index (κ1) is 9.38. The third kappa shape index (κ3) is 2.73. The van der Waals surface area contributed by atoms with Gasteiger partial charge in [-0.3, -0.25) is 0 Å². The molecule has 1 N–H and O–H groups in total. The zero-order chi connectivity index (χ0) is 8.97. The minimum absolute atomic E-state index is 0.481. The van der Waals surface area contributed by atoms with Crippen LogP contribution >= 0.6 is 11.8 Å². The lowest BCUT2D eigenvalue weighted by molar-refractivity contribution is 0.427. The van der Waals surface area contributed by atoms with Crippen molar-refractivity contribution in [3.05, 3.63) is 5.82 Å². The summed E-state index contributed by atoms with van der Waals surface area (Å²) in [6.07, 6.45) is 0. The number of anilines is 1. The van der Waals surface area contributed by atoms with Gasteiger partial charge in [0, 0.05) is 7.05 Å². The van der Waals surface area contributed by atoms with E-state index in [0.717, 1.165) is 11.6 Å². The van der Waals surface area contributed by atoms with E-state index in [1.807, 2.05) is 0 Å². The van der Waals surface area contributed by atoms with Crippen LogP contribution in [0.2, 0.25) is 0 Å². The lowest BCUT2D eigenvalue weighted by Gasteiger charge is -1.98. The quantitative estimate of drug-likeness (QED) is 0.778. The first-order valence-electron chi connectivity index (χ1n) is 3.84. The summed E-state index contributed by atoms with van der Waals surface area (Å²) < 4.78 is 4.86. The Morgan fingerprint density at radius 3 is 2.83 bits per heavy atom. The first-order valence-corrected chi connectivity index (χ1v) is 4.89. The normalized spacial score (nSPS) is 10.7. The molecule has 0 amide bonds. The van der Waals surface area contributed by atoms with Gasteiger partial charge in [0.25, 0.3) is 0 Å². The Bertz CT molecular complexity index is 236. The number of hydrogen-bond donors (Lipinski definition) is 1. The van der Waals surface area contributed by atoms with Crippen molar-refractivity contribution < 1.29 is 4.52 Å². The molecule has 0 radical (unpaired) electrons. The Morgan fingerprint density at radius 2 is 2.33 bits per heavy atom. The fourth-order valence-electron chi connectivity index (χ4n) is 0.655. The fraction of sp³-hybridized carbons (Fsp3) is 0.714. The molecule has 68 valence electrons. The van der Waals surface area contributed by atoms with E-state index >= 15 is 0 Å². The lowest BCUT2D eigenvalue weighted by Crippen LogP contribution is -1.91. The highest BCUT2D eigenvalue weighted by Gasteiger charge is 2.04. The van der Waals surface area contributed by atoms with Gasteiger partial charge in [-0.05, 0) is 5.25 Å². The first-order chi connectivity index (χ1) is 5.72. The maximum absolute atomic E-state index is 4.86. The average molecular weight is 187 g/mol. The minimum atomic E-state index is 0.481. The molecule has 0 atom stereocenters. The molecular weight excluding hydrogens is 174 g/mol. The molecule has 4 nitrogen and oxygen atoms in total. The Hall–Kier alpha value is -0.710. The maximum atomic E-state index is 4.86.